The van der Waals surface area contributed by atoms with Crippen molar-refractivity contribution in [1.29, 1.82) is 0 Å². The van der Waals surface area contributed by atoms with Gasteiger partial charge >= 0.3 is 0 Å². The number of fused-ring (bicyclic) bond motifs is 1. The predicted molar refractivity (Wildman–Crippen MR) is 255 cm³/mol. The van der Waals surface area contributed by atoms with Crippen molar-refractivity contribution in [3.63, 3.8) is 0 Å². The van der Waals surface area contributed by atoms with E-state index in [2.05, 4.69) is 231 Å². The lowest BCUT2D eigenvalue weighted by atomic mass is 9.96. The number of aromatic nitrogens is 3. The maximum atomic E-state index is 4.97. The molecular formula is C57H44N4. The summed E-state index contributed by atoms with van der Waals surface area (Å²) in [7, 11) is 2.09. The van der Waals surface area contributed by atoms with Crippen LogP contribution in [0, 0.1) is 13.8 Å². The van der Waals surface area contributed by atoms with Crippen LogP contribution in [0.4, 0.5) is 17.1 Å². The molecule has 10 rings (SSSR count). The first-order chi connectivity index (χ1) is 29.9. The fourth-order valence-corrected chi connectivity index (χ4v) is 8.39. The Labute approximate surface area is 357 Å². The third kappa shape index (κ3) is 7.52. The van der Waals surface area contributed by atoms with Gasteiger partial charge in [-0.05, 0) is 130 Å². The predicted octanol–water partition coefficient (Wildman–Crippen LogP) is 15.1. The molecule has 0 aliphatic heterocycles. The van der Waals surface area contributed by atoms with E-state index < -0.39 is 0 Å². The number of hydrogen-bond acceptors (Lipinski definition) is 3. The Bertz CT molecular complexity index is 2970. The molecule has 61 heavy (non-hydrogen) atoms. The maximum Gasteiger partial charge on any atom is 0.0709 e. The van der Waals surface area contributed by atoms with Gasteiger partial charge in [0.1, 0.15) is 0 Å². The monoisotopic (exact) mass is 784 g/mol. The second-order valence-electron chi connectivity index (χ2n) is 15.8. The highest BCUT2D eigenvalue weighted by Crippen LogP contribution is 2.40. The van der Waals surface area contributed by atoms with Gasteiger partial charge in [-0.2, -0.15) is 0 Å². The summed E-state index contributed by atoms with van der Waals surface area (Å²) in [5, 5.41) is 1.18. The van der Waals surface area contributed by atoms with E-state index in [-0.39, 0.29) is 0 Å². The molecule has 0 radical (unpaired) electrons. The lowest BCUT2D eigenvalue weighted by Crippen LogP contribution is -2.10. The third-order valence-corrected chi connectivity index (χ3v) is 11.7. The molecule has 0 spiro atoms. The smallest absolute Gasteiger partial charge is 0.0709 e. The molecule has 4 nitrogen and oxygen atoms in total. The third-order valence-electron chi connectivity index (χ3n) is 11.7. The van der Waals surface area contributed by atoms with E-state index >= 15 is 0 Å². The van der Waals surface area contributed by atoms with Gasteiger partial charge in [-0.15, -0.1) is 0 Å². The fourth-order valence-electron chi connectivity index (χ4n) is 8.39. The Morgan fingerprint density at radius 2 is 0.803 bits per heavy atom. The first-order valence-corrected chi connectivity index (χ1v) is 20.8. The second-order valence-corrected chi connectivity index (χ2v) is 15.8. The van der Waals surface area contributed by atoms with Crippen molar-refractivity contribution in [2.45, 2.75) is 13.8 Å². The highest BCUT2D eigenvalue weighted by Gasteiger charge is 2.17. The normalized spacial score (nSPS) is 11.2. The van der Waals surface area contributed by atoms with E-state index in [1.807, 2.05) is 12.4 Å². The highest BCUT2D eigenvalue weighted by molar-refractivity contribution is 5.90. The number of rotatable bonds is 9. The number of hydrogen-bond donors (Lipinski definition) is 0. The number of aryl methyl sites for hydroxylation is 3. The van der Waals surface area contributed by atoms with Crippen LogP contribution in [0.1, 0.15) is 11.1 Å². The molecule has 292 valence electrons. The van der Waals surface area contributed by atoms with E-state index in [1.54, 1.807) is 0 Å². The van der Waals surface area contributed by atoms with Gasteiger partial charge in [-0.25, -0.2) is 0 Å². The largest absolute Gasteiger partial charge is 0.351 e. The van der Waals surface area contributed by atoms with Crippen molar-refractivity contribution in [3.05, 3.63) is 224 Å². The zero-order valence-electron chi connectivity index (χ0n) is 34.5. The van der Waals surface area contributed by atoms with Crippen LogP contribution in [-0.4, -0.2) is 14.5 Å². The molecule has 7 aromatic carbocycles. The van der Waals surface area contributed by atoms with Gasteiger partial charge in [-0.3, -0.25) is 9.97 Å². The number of anilines is 3. The Balaban J connectivity index is 1.02. The molecule has 0 fully saturated rings. The van der Waals surface area contributed by atoms with Crippen LogP contribution >= 0.6 is 0 Å². The maximum absolute atomic E-state index is 4.97. The van der Waals surface area contributed by atoms with E-state index in [4.69, 9.17) is 9.97 Å². The summed E-state index contributed by atoms with van der Waals surface area (Å²) in [5.74, 6) is 0. The molecule has 0 saturated heterocycles. The number of nitrogens with zero attached hydrogens (tertiary/aromatic N) is 4. The van der Waals surface area contributed by atoms with E-state index in [9.17, 15) is 0 Å². The Morgan fingerprint density at radius 1 is 0.377 bits per heavy atom. The molecule has 4 heteroatoms. The molecule has 0 aliphatic carbocycles. The van der Waals surface area contributed by atoms with Gasteiger partial charge in [0.2, 0.25) is 0 Å². The Kier molecular flexibility index (Phi) is 9.88. The van der Waals surface area contributed by atoms with E-state index in [0.717, 1.165) is 50.7 Å². The molecule has 0 N–H and O–H groups in total. The summed E-state index contributed by atoms with van der Waals surface area (Å²) < 4.78 is 2.16. The topological polar surface area (TPSA) is 34.0 Å². The van der Waals surface area contributed by atoms with Crippen molar-refractivity contribution in [2.24, 2.45) is 7.05 Å². The fraction of sp³-hybridized carbons (Fsp3) is 0.0526. The number of benzene rings is 7. The molecular weight excluding hydrogens is 741 g/mol. The highest BCUT2D eigenvalue weighted by atomic mass is 15.1. The van der Waals surface area contributed by atoms with E-state index in [0.29, 0.717) is 0 Å². The van der Waals surface area contributed by atoms with Crippen molar-refractivity contribution in [2.75, 3.05) is 4.90 Å². The zero-order chi connectivity index (χ0) is 41.3. The van der Waals surface area contributed by atoms with Crippen LogP contribution in [-0.2, 0) is 7.05 Å². The van der Waals surface area contributed by atoms with Crippen LogP contribution < -0.4 is 4.90 Å². The average Bonchev–Trinajstić information content (AvgIpc) is 3.69. The SMILES string of the molecule is Cc1cnc(-c2cccc(N(c3cccc(-c4cc(-c5ccc(-c6ccccc6)cc5)c(C)cn4)c3)c3ccc4c(ccn4C)c3)c2)cc1-c1ccc(-c2ccccc2)cc1. The number of pyridine rings is 2. The minimum absolute atomic E-state index is 0.926. The lowest BCUT2D eigenvalue weighted by molar-refractivity contribution is 0.969. The van der Waals surface area contributed by atoms with Gasteiger partial charge in [-0.1, -0.05) is 133 Å². The molecule has 0 saturated carbocycles. The average molecular weight is 785 g/mol. The van der Waals surface area contributed by atoms with Crippen LogP contribution in [0.25, 0.3) is 77.9 Å². The molecule has 0 unspecified atom stereocenters. The van der Waals surface area contributed by atoms with Crippen molar-refractivity contribution >= 4 is 28.0 Å². The molecule has 0 bridgehead atoms. The molecule has 0 aliphatic rings. The zero-order valence-corrected chi connectivity index (χ0v) is 34.5. The minimum Gasteiger partial charge on any atom is -0.351 e. The summed E-state index contributed by atoms with van der Waals surface area (Å²) in [6.45, 7) is 4.27. The first-order valence-electron chi connectivity index (χ1n) is 20.8. The Hall–Kier alpha value is -7.82. The van der Waals surface area contributed by atoms with Crippen LogP contribution in [0.2, 0.25) is 0 Å². The standard InChI is InChI=1S/C57H44N4/c1-39-37-58-55(35-53(39)45-24-20-43(21-25-45)41-12-6-4-7-13-41)47-16-10-18-50(32-47)61(52-28-29-57-49(34-52)30-31-60(57)3)51-19-11-17-48(33-51)56-36-54(40(2)38-59-56)46-26-22-44(23-27-46)42-14-8-5-9-15-42/h4-38H,1-3H3. The van der Waals surface area contributed by atoms with Crippen LogP contribution in [0.3, 0.4) is 0 Å². The summed E-state index contributed by atoms with van der Waals surface area (Å²) in [6, 6.07) is 69.5. The summed E-state index contributed by atoms with van der Waals surface area (Å²) in [6.07, 6.45) is 6.10. The van der Waals surface area contributed by atoms with Gasteiger partial charge < -0.3 is 9.47 Å². The lowest BCUT2D eigenvalue weighted by Gasteiger charge is -2.26. The van der Waals surface area contributed by atoms with Gasteiger partial charge in [0.15, 0.2) is 0 Å². The summed E-state index contributed by atoms with van der Waals surface area (Å²) in [5.41, 5.74) is 20.1. The van der Waals surface area contributed by atoms with Gasteiger partial charge in [0.05, 0.1) is 11.4 Å². The van der Waals surface area contributed by atoms with Crippen LogP contribution in [0.15, 0.2) is 213 Å². The summed E-state index contributed by atoms with van der Waals surface area (Å²) in [4.78, 5) is 12.3. The quantitative estimate of drug-likeness (QED) is 0.146. The van der Waals surface area contributed by atoms with Crippen molar-refractivity contribution in [1.82, 2.24) is 14.5 Å². The van der Waals surface area contributed by atoms with Gasteiger partial charge in [0, 0.05) is 64.7 Å². The van der Waals surface area contributed by atoms with Crippen molar-refractivity contribution < 1.29 is 0 Å². The Morgan fingerprint density at radius 3 is 1.30 bits per heavy atom. The molecule has 0 amide bonds. The first kappa shape index (κ1) is 37.5. The van der Waals surface area contributed by atoms with Crippen molar-refractivity contribution in [3.8, 4) is 67.0 Å². The van der Waals surface area contributed by atoms with E-state index in [1.165, 1.54) is 55.4 Å². The molecule has 3 aromatic heterocycles. The summed E-state index contributed by atoms with van der Waals surface area (Å²) >= 11 is 0. The molecule has 10 aromatic rings. The minimum atomic E-state index is 0.926. The van der Waals surface area contributed by atoms with Crippen LogP contribution in [0.5, 0.6) is 0 Å². The second kappa shape index (κ2) is 16.1. The molecule has 0 atom stereocenters. The van der Waals surface area contributed by atoms with Gasteiger partial charge in [0.25, 0.3) is 0 Å². The molecule has 3 heterocycles.